The Kier molecular flexibility index (Phi) is 3.52. The van der Waals surface area contributed by atoms with Gasteiger partial charge in [-0.05, 0) is 55.8 Å². The summed E-state index contributed by atoms with van der Waals surface area (Å²) in [5.41, 5.74) is -0.615. The van der Waals surface area contributed by atoms with E-state index in [1.807, 2.05) is 6.92 Å². The quantitative estimate of drug-likeness (QED) is 0.791. The van der Waals surface area contributed by atoms with E-state index in [0.29, 0.717) is 24.7 Å². The molecule has 2 bridgehead atoms. The van der Waals surface area contributed by atoms with E-state index in [9.17, 15) is 9.90 Å². The molecule has 0 aromatic rings. The van der Waals surface area contributed by atoms with Crippen LogP contribution in [-0.4, -0.2) is 30.2 Å². The standard InChI is InChI=1S/C21H30O3/c1-5-8-19(3)12-16(22)21-11-14(21)6-9-20(13(2)18(19)23)10-7-15(24-4)17(20)21/h1,13-17,22H,6-12H2,2-4H3/t13-,14-,15+,16+,17?,19+,20?,21-/m0/s1. The van der Waals surface area contributed by atoms with Gasteiger partial charge in [-0.2, -0.15) is 0 Å². The molecule has 0 heterocycles. The summed E-state index contributed by atoms with van der Waals surface area (Å²) < 4.78 is 5.88. The molecule has 24 heavy (non-hydrogen) atoms. The van der Waals surface area contributed by atoms with Crippen LogP contribution in [0.1, 0.15) is 58.8 Å². The van der Waals surface area contributed by atoms with E-state index in [4.69, 9.17) is 11.2 Å². The van der Waals surface area contributed by atoms with Crippen LogP contribution in [0.4, 0.5) is 0 Å². The zero-order chi connectivity index (χ0) is 17.3. The van der Waals surface area contributed by atoms with Gasteiger partial charge in [0, 0.05) is 30.3 Å². The second-order valence-corrected chi connectivity index (χ2v) is 9.32. The van der Waals surface area contributed by atoms with Gasteiger partial charge in [0.25, 0.3) is 0 Å². The second kappa shape index (κ2) is 5.08. The lowest BCUT2D eigenvalue weighted by Gasteiger charge is -2.54. The number of ketones is 1. The minimum absolute atomic E-state index is 0.00200. The molecule has 132 valence electrons. The van der Waals surface area contributed by atoms with Gasteiger partial charge in [0.15, 0.2) is 0 Å². The van der Waals surface area contributed by atoms with Crippen molar-refractivity contribution < 1.29 is 14.6 Å². The normalized spacial score (nSPS) is 55.8. The van der Waals surface area contributed by atoms with Crippen LogP contribution in [0, 0.1) is 46.3 Å². The summed E-state index contributed by atoms with van der Waals surface area (Å²) in [4.78, 5) is 13.5. The Morgan fingerprint density at radius 2 is 2.04 bits per heavy atom. The first-order chi connectivity index (χ1) is 11.4. The van der Waals surface area contributed by atoms with Crippen molar-refractivity contribution in [1.29, 1.82) is 0 Å². The fourth-order valence-corrected chi connectivity index (χ4v) is 7.29. The van der Waals surface area contributed by atoms with Crippen LogP contribution in [-0.2, 0) is 9.53 Å². The van der Waals surface area contributed by atoms with Crippen molar-refractivity contribution in [3.05, 3.63) is 0 Å². The van der Waals surface area contributed by atoms with Crippen molar-refractivity contribution in [3.63, 3.8) is 0 Å². The van der Waals surface area contributed by atoms with Crippen molar-refractivity contribution >= 4 is 5.78 Å². The zero-order valence-electron chi connectivity index (χ0n) is 15.2. The number of Topliss-reactive ketones (excluding diaryl/α,β-unsaturated/α-hetero) is 1. The van der Waals surface area contributed by atoms with Gasteiger partial charge in [-0.3, -0.25) is 4.79 Å². The minimum atomic E-state index is -0.589. The second-order valence-electron chi connectivity index (χ2n) is 9.32. The molecule has 2 unspecified atom stereocenters. The maximum atomic E-state index is 13.5. The van der Waals surface area contributed by atoms with Gasteiger partial charge in [0.1, 0.15) is 5.78 Å². The third-order valence-corrected chi connectivity index (χ3v) is 8.53. The fourth-order valence-electron chi connectivity index (χ4n) is 7.29. The van der Waals surface area contributed by atoms with Crippen molar-refractivity contribution in [2.24, 2.45) is 34.0 Å². The summed E-state index contributed by atoms with van der Waals surface area (Å²) >= 11 is 0. The summed E-state index contributed by atoms with van der Waals surface area (Å²) in [5, 5.41) is 11.3. The van der Waals surface area contributed by atoms with Crippen molar-refractivity contribution in [1.82, 2.24) is 0 Å². The summed E-state index contributed by atoms with van der Waals surface area (Å²) in [5.74, 6) is 3.93. The summed E-state index contributed by atoms with van der Waals surface area (Å²) in [6, 6.07) is 0. The van der Waals surface area contributed by atoms with Crippen LogP contribution in [0.2, 0.25) is 0 Å². The van der Waals surface area contributed by atoms with Gasteiger partial charge < -0.3 is 9.84 Å². The van der Waals surface area contributed by atoms with Gasteiger partial charge in [-0.15, -0.1) is 12.3 Å². The third kappa shape index (κ3) is 1.80. The van der Waals surface area contributed by atoms with Crippen LogP contribution < -0.4 is 0 Å². The van der Waals surface area contributed by atoms with Crippen molar-refractivity contribution in [2.45, 2.75) is 71.0 Å². The topological polar surface area (TPSA) is 46.5 Å². The van der Waals surface area contributed by atoms with Crippen molar-refractivity contribution in [2.75, 3.05) is 7.11 Å². The number of terminal acetylenes is 1. The van der Waals surface area contributed by atoms with Gasteiger partial charge in [-0.25, -0.2) is 0 Å². The number of rotatable bonds is 2. The molecular formula is C21H30O3. The molecule has 0 radical (unpaired) electrons. The maximum Gasteiger partial charge on any atom is 0.143 e. The minimum Gasteiger partial charge on any atom is -0.392 e. The van der Waals surface area contributed by atoms with E-state index in [0.717, 1.165) is 32.1 Å². The largest absolute Gasteiger partial charge is 0.392 e. The number of aliphatic hydroxyl groups excluding tert-OH is 1. The molecule has 0 saturated heterocycles. The van der Waals surface area contributed by atoms with E-state index in [1.54, 1.807) is 7.11 Å². The maximum absolute atomic E-state index is 13.5. The first-order valence-electron chi connectivity index (χ1n) is 9.54. The highest BCUT2D eigenvalue weighted by Crippen LogP contribution is 2.77. The number of carbonyl (C=O) groups excluding carboxylic acids is 1. The SMILES string of the molecule is C#CC[C@]1(C)C[C@@H](O)[C@]23C[C@@H]2CCC2(CC[C@@H](OC)C23)[C@@H](C)C1=O. The Bertz CT molecular complexity index is 607. The number of methoxy groups -OCH3 is 1. The number of aliphatic hydroxyl groups is 1. The summed E-state index contributed by atoms with van der Waals surface area (Å²) in [6.07, 6.45) is 11.7. The molecule has 0 aromatic carbocycles. The van der Waals surface area contributed by atoms with Crippen LogP contribution in [0.15, 0.2) is 0 Å². The van der Waals surface area contributed by atoms with E-state index in [-0.39, 0.29) is 28.6 Å². The van der Waals surface area contributed by atoms with Gasteiger partial charge in [0.05, 0.1) is 12.2 Å². The lowest BCUT2D eigenvalue weighted by Crippen LogP contribution is -2.56. The Morgan fingerprint density at radius 1 is 1.33 bits per heavy atom. The molecule has 4 aliphatic rings. The number of carbonyl (C=O) groups is 1. The molecule has 3 nitrogen and oxygen atoms in total. The molecular weight excluding hydrogens is 300 g/mol. The predicted octanol–water partition coefficient (Wildman–Crippen LogP) is 3.20. The smallest absolute Gasteiger partial charge is 0.143 e. The van der Waals surface area contributed by atoms with Crippen LogP contribution in [0.5, 0.6) is 0 Å². The van der Waals surface area contributed by atoms with Crippen LogP contribution in [0.25, 0.3) is 0 Å². The van der Waals surface area contributed by atoms with Gasteiger partial charge in [-0.1, -0.05) is 13.8 Å². The van der Waals surface area contributed by atoms with E-state index in [1.165, 1.54) is 0 Å². The van der Waals surface area contributed by atoms with Crippen LogP contribution >= 0.6 is 0 Å². The monoisotopic (exact) mass is 330 g/mol. The average molecular weight is 330 g/mol. The number of hydrogen-bond acceptors (Lipinski definition) is 3. The molecule has 0 aliphatic heterocycles. The van der Waals surface area contributed by atoms with Crippen LogP contribution in [0.3, 0.4) is 0 Å². The van der Waals surface area contributed by atoms with E-state index < -0.39 is 11.5 Å². The molecule has 4 aliphatic carbocycles. The first kappa shape index (κ1) is 16.6. The van der Waals surface area contributed by atoms with E-state index >= 15 is 0 Å². The Balaban J connectivity index is 1.85. The molecule has 3 heteroatoms. The third-order valence-electron chi connectivity index (χ3n) is 8.53. The molecule has 4 saturated carbocycles. The Morgan fingerprint density at radius 3 is 2.71 bits per heavy atom. The number of ether oxygens (including phenoxy) is 1. The number of hydrogen-bond donors (Lipinski definition) is 1. The first-order valence-corrected chi connectivity index (χ1v) is 9.54. The highest BCUT2D eigenvalue weighted by atomic mass is 16.5. The van der Waals surface area contributed by atoms with Crippen molar-refractivity contribution in [3.8, 4) is 12.3 Å². The Labute approximate surface area is 145 Å². The fraction of sp³-hybridized carbons (Fsp3) is 0.857. The molecule has 1 spiro atoms. The zero-order valence-corrected chi connectivity index (χ0v) is 15.2. The molecule has 0 aromatic heterocycles. The highest BCUT2D eigenvalue weighted by molar-refractivity contribution is 5.88. The highest BCUT2D eigenvalue weighted by Gasteiger charge is 2.75. The Hall–Kier alpha value is -0.850. The predicted molar refractivity (Wildman–Crippen MR) is 92.1 cm³/mol. The van der Waals surface area contributed by atoms with Gasteiger partial charge in [0.2, 0.25) is 0 Å². The molecule has 4 fully saturated rings. The lowest BCUT2D eigenvalue weighted by atomic mass is 9.50. The molecule has 8 atom stereocenters. The molecule has 0 amide bonds. The average Bonchev–Trinajstić information content (AvgIpc) is 3.19. The molecule has 4 rings (SSSR count). The lowest BCUT2D eigenvalue weighted by molar-refractivity contribution is -0.159. The summed E-state index contributed by atoms with van der Waals surface area (Å²) in [6.45, 7) is 4.12. The van der Waals surface area contributed by atoms with E-state index in [2.05, 4.69) is 12.8 Å². The summed E-state index contributed by atoms with van der Waals surface area (Å²) in [7, 11) is 1.80. The molecule has 1 N–H and O–H groups in total. The van der Waals surface area contributed by atoms with Gasteiger partial charge >= 0.3 is 0 Å².